The lowest BCUT2D eigenvalue weighted by Crippen LogP contribution is -2.00. The van der Waals surface area contributed by atoms with Gasteiger partial charge in [0.2, 0.25) is 0 Å². The van der Waals surface area contributed by atoms with Crippen molar-refractivity contribution < 1.29 is 9.47 Å². The largest absolute Gasteiger partial charge is 0.496 e. The summed E-state index contributed by atoms with van der Waals surface area (Å²) in [6, 6.07) is 8.35. The van der Waals surface area contributed by atoms with Gasteiger partial charge in [-0.2, -0.15) is 0 Å². The van der Waals surface area contributed by atoms with Crippen LogP contribution in [0.3, 0.4) is 0 Å². The van der Waals surface area contributed by atoms with Gasteiger partial charge >= 0.3 is 0 Å². The van der Waals surface area contributed by atoms with Crippen LogP contribution < -0.4 is 9.47 Å². The molecule has 50 heavy (non-hydrogen) atoms. The number of ether oxygens (including phenoxy) is 2. The van der Waals surface area contributed by atoms with Crippen molar-refractivity contribution in [2.24, 2.45) is 0 Å². The van der Waals surface area contributed by atoms with E-state index in [1.165, 1.54) is 70.3 Å². The summed E-state index contributed by atoms with van der Waals surface area (Å²) in [5.74, 6) is 1.91. The van der Waals surface area contributed by atoms with E-state index in [9.17, 15) is 0 Å². The summed E-state index contributed by atoms with van der Waals surface area (Å²) in [6.07, 6.45) is 31.5. The van der Waals surface area contributed by atoms with Gasteiger partial charge in [0, 0.05) is 16.3 Å². The molecule has 0 heterocycles. The molecule has 274 valence electrons. The molecular weight excluding hydrogens is 609 g/mol. The number of benzene rings is 2. The average molecular weight is 679 g/mol. The van der Waals surface area contributed by atoms with Crippen molar-refractivity contribution in [3.8, 4) is 11.5 Å². The first-order valence-electron chi connectivity index (χ1n) is 19.2. The lowest BCUT2D eigenvalue weighted by atomic mass is 9.95. The van der Waals surface area contributed by atoms with Gasteiger partial charge in [0.1, 0.15) is 11.5 Å². The first-order valence-corrected chi connectivity index (χ1v) is 19.2. The number of hydrogen-bond donors (Lipinski definition) is 0. The predicted octanol–water partition coefficient (Wildman–Crippen LogP) is 15.0. The van der Waals surface area contributed by atoms with Gasteiger partial charge in [-0.3, -0.25) is 0 Å². The van der Waals surface area contributed by atoms with E-state index in [1.54, 1.807) is 14.2 Å². The average Bonchev–Trinajstić information content (AvgIpc) is 3.07. The highest BCUT2D eigenvalue weighted by molar-refractivity contribution is 5.96. The van der Waals surface area contributed by atoms with Crippen LogP contribution in [-0.4, -0.2) is 14.2 Å². The molecular formula is C48H70O2. The molecule has 0 amide bonds. The molecule has 2 nitrogen and oxygen atoms in total. The van der Waals surface area contributed by atoms with E-state index in [0.29, 0.717) is 0 Å². The summed E-state index contributed by atoms with van der Waals surface area (Å²) in [7, 11) is 3.53. The van der Waals surface area contributed by atoms with Crippen molar-refractivity contribution >= 4 is 10.8 Å². The second-order valence-corrected chi connectivity index (χ2v) is 14.7. The zero-order valence-electron chi connectivity index (χ0n) is 33.9. The van der Waals surface area contributed by atoms with Crippen molar-refractivity contribution in [2.45, 2.75) is 146 Å². The van der Waals surface area contributed by atoms with E-state index < -0.39 is 0 Å². The van der Waals surface area contributed by atoms with Gasteiger partial charge in [-0.05, 0) is 151 Å². The summed E-state index contributed by atoms with van der Waals surface area (Å²) >= 11 is 0. The summed E-state index contributed by atoms with van der Waals surface area (Å²) < 4.78 is 11.7. The highest BCUT2D eigenvalue weighted by Gasteiger charge is 2.17. The van der Waals surface area contributed by atoms with Crippen LogP contribution in [0, 0.1) is 6.92 Å². The first-order chi connectivity index (χ1) is 24.0. The third-order valence-corrected chi connectivity index (χ3v) is 9.80. The predicted molar refractivity (Wildman–Crippen MR) is 223 cm³/mol. The fourth-order valence-corrected chi connectivity index (χ4v) is 6.50. The number of rotatable bonds is 22. The molecule has 0 radical (unpaired) electrons. The van der Waals surface area contributed by atoms with Gasteiger partial charge in [-0.15, -0.1) is 0 Å². The molecule has 0 spiro atoms. The fraction of sp³-hybridized carbons (Fsp3) is 0.500. The molecule has 0 aliphatic rings. The van der Waals surface area contributed by atoms with E-state index in [1.807, 2.05) is 0 Å². The number of fused-ring (bicyclic) bond motifs is 1. The minimum Gasteiger partial charge on any atom is -0.496 e. The van der Waals surface area contributed by atoms with Gasteiger partial charge in [-0.25, -0.2) is 0 Å². The van der Waals surface area contributed by atoms with Crippen LogP contribution in [0.1, 0.15) is 144 Å². The van der Waals surface area contributed by atoms with Gasteiger partial charge < -0.3 is 9.47 Å². The minimum atomic E-state index is 0.843. The molecule has 0 aliphatic heterocycles. The van der Waals surface area contributed by atoms with Crippen LogP contribution in [0.2, 0.25) is 0 Å². The van der Waals surface area contributed by atoms with Crippen LogP contribution in [0.5, 0.6) is 11.5 Å². The smallest absolute Gasteiger partial charge is 0.130 e. The van der Waals surface area contributed by atoms with Crippen molar-refractivity contribution in [3.05, 3.63) is 117 Å². The van der Waals surface area contributed by atoms with Crippen LogP contribution in [0.15, 0.2) is 106 Å². The van der Waals surface area contributed by atoms with E-state index in [2.05, 4.69) is 129 Å². The molecule has 0 saturated heterocycles. The van der Waals surface area contributed by atoms with Crippen molar-refractivity contribution in [1.82, 2.24) is 0 Å². The molecule has 0 aliphatic carbocycles. The zero-order valence-corrected chi connectivity index (χ0v) is 33.9. The monoisotopic (exact) mass is 679 g/mol. The maximum Gasteiger partial charge on any atom is 0.130 e. The number of methoxy groups -OCH3 is 2. The van der Waals surface area contributed by atoms with Gasteiger partial charge in [0.05, 0.1) is 14.2 Å². The molecule has 0 unspecified atom stereocenters. The van der Waals surface area contributed by atoms with Crippen LogP contribution >= 0.6 is 0 Å². The molecule has 2 rings (SSSR count). The second-order valence-electron chi connectivity index (χ2n) is 14.7. The molecule has 0 N–H and O–H groups in total. The number of allylic oxidation sites excluding steroid dienone is 14. The number of hydrogen-bond acceptors (Lipinski definition) is 2. The molecule has 0 saturated carbocycles. The normalized spacial score (nSPS) is 13.7. The maximum atomic E-state index is 5.91. The van der Waals surface area contributed by atoms with Crippen molar-refractivity contribution in [2.75, 3.05) is 14.2 Å². The summed E-state index contributed by atoms with van der Waals surface area (Å²) in [4.78, 5) is 0. The quantitative estimate of drug-likeness (QED) is 0.115. The highest BCUT2D eigenvalue weighted by atomic mass is 16.5. The second kappa shape index (κ2) is 23.8. The topological polar surface area (TPSA) is 18.5 Å². The van der Waals surface area contributed by atoms with E-state index >= 15 is 0 Å². The molecule has 0 bridgehead atoms. The molecule has 0 aromatic heterocycles. The van der Waals surface area contributed by atoms with E-state index in [0.717, 1.165) is 85.6 Å². The first kappa shape index (κ1) is 42.6. The van der Waals surface area contributed by atoms with Gasteiger partial charge in [-0.1, -0.05) is 106 Å². The summed E-state index contributed by atoms with van der Waals surface area (Å²) in [5.41, 5.74) is 12.8. The third kappa shape index (κ3) is 16.0. The van der Waals surface area contributed by atoms with Crippen molar-refractivity contribution in [1.29, 1.82) is 0 Å². The van der Waals surface area contributed by atoms with Crippen LogP contribution in [0.25, 0.3) is 10.8 Å². The van der Waals surface area contributed by atoms with E-state index in [4.69, 9.17) is 9.47 Å². The Labute approximate surface area is 307 Å². The maximum absolute atomic E-state index is 5.91. The molecule has 0 fully saturated rings. The third-order valence-electron chi connectivity index (χ3n) is 9.80. The summed E-state index contributed by atoms with van der Waals surface area (Å²) in [5, 5.41) is 2.21. The lowest BCUT2D eigenvalue weighted by molar-refractivity contribution is 0.404. The van der Waals surface area contributed by atoms with Crippen molar-refractivity contribution in [3.63, 3.8) is 0 Å². The SMILES string of the molecule is COc1c(C)c(C/C=C(\C)CC/C=C(\C)CC/C=C(\C)CC/C=C(\C)CC/C=C(\C)CC/C=C(\C)CCC=C(C)C)c(OC)c2ccccc12. The standard InChI is InChI=1S/C48H70O2/c1-36(2)20-14-21-37(3)22-15-23-38(4)24-16-25-39(5)26-17-27-40(6)28-18-29-41(7)30-19-31-42(8)34-35-44-43(9)47(49-10)45-32-12-13-33-46(45)48(44)50-11/h12-13,20,22,24,26,28,30,32-34H,14-19,21,23,25,27,29,31,35H2,1-11H3/b37-22+,38-24+,39-26+,40-28+,41-30+,42-34+. The lowest BCUT2D eigenvalue weighted by Gasteiger charge is -2.18. The molecule has 2 aromatic carbocycles. The van der Waals surface area contributed by atoms with Gasteiger partial charge in [0.15, 0.2) is 0 Å². The Morgan fingerprint density at radius 3 is 1.12 bits per heavy atom. The molecule has 0 atom stereocenters. The van der Waals surface area contributed by atoms with Gasteiger partial charge in [0.25, 0.3) is 0 Å². The Morgan fingerprint density at radius 2 is 0.780 bits per heavy atom. The Kier molecular flexibility index (Phi) is 20.3. The molecule has 2 heteroatoms. The van der Waals surface area contributed by atoms with Crippen LogP contribution in [-0.2, 0) is 6.42 Å². The zero-order chi connectivity index (χ0) is 36.9. The Morgan fingerprint density at radius 1 is 0.460 bits per heavy atom. The highest BCUT2D eigenvalue weighted by Crippen LogP contribution is 2.40. The van der Waals surface area contributed by atoms with Crippen LogP contribution in [0.4, 0.5) is 0 Å². The van der Waals surface area contributed by atoms with E-state index in [-0.39, 0.29) is 0 Å². The Balaban J connectivity index is 1.72. The molecule has 2 aromatic rings. The Bertz CT molecular complexity index is 1560. The minimum absolute atomic E-state index is 0.843. The Hall–Kier alpha value is -3.52. The summed E-state index contributed by atoms with van der Waals surface area (Å²) in [6.45, 7) is 20.2. The fourth-order valence-electron chi connectivity index (χ4n) is 6.50.